The lowest BCUT2D eigenvalue weighted by molar-refractivity contribution is -0.152. The van der Waals surface area contributed by atoms with E-state index in [-0.39, 0.29) is 19.4 Å². The third-order valence-electron chi connectivity index (χ3n) is 6.54. The predicted molar refractivity (Wildman–Crippen MR) is 154 cm³/mol. The number of hydrogen-bond donors (Lipinski definition) is 7. The number of carbonyl (C=O) groups is 6. The molecule has 16 nitrogen and oxygen atoms in total. The molecule has 1 saturated heterocycles. The normalized spacial score (nSPS) is 21.8. The van der Waals surface area contributed by atoms with Crippen LogP contribution in [0.2, 0.25) is 0 Å². The van der Waals surface area contributed by atoms with Gasteiger partial charge < -0.3 is 36.4 Å². The molecule has 0 aliphatic carbocycles. The fraction of sp³-hybridized carbons (Fsp3) is 0.556. The molecule has 0 bridgehead atoms. The Morgan fingerprint density at radius 1 is 1.02 bits per heavy atom. The van der Waals surface area contributed by atoms with Gasteiger partial charge in [0.15, 0.2) is 0 Å². The minimum atomic E-state index is -4.89. The van der Waals surface area contributed by atoms with Crippen LogP contribution in [0.5, 0.6) is 0 Å². The van der Waals surface area contributed by atoms with Crippen LogP contribution >= 0.6 is 0 Å². The Morgan fingerprint density at radius 2 is 1.66 bits per heavy atom. The zero-order valence-corrected chi connectivity index (χ0v) is 25.6. The first-order valence-electron chi connectivity index (χ1n) is 13.8. The summed E-state index contributed by atoms with van der Waals surface area (Å²) in [5.74, 6) is -7.32. The van der Waals surface area contributed by atoms with Gasteiger partial charge in [0.2, 0.25) is 29.5 Å². The van der Waals surface area contributed by atoms with Gasteiger partial charge in [-0.15, -0.1) is 0 Å². The summed E-state index contributed by atoms with van der Waals surface area (Å²) < 4.78 is 38.3. The summed E-state index contributed by atoms with van der Waals surface area (Å²) in [6.07, 6.45) is -3.12. The largest absolute Gasteiger partial charge is 0.460 e. The third kappa shape index (κ3) is 11.5. The zero-order valence-electron chi connectivity index (χ0n) is 24.7. The Balaban J connectivity index is 2.30. The topological polar surface area (TPSA) is 246 Å². The summed E-state index contributed by atoms with van der Waals surface area (Å²) in [6, 6.07) is 2.23. The van der Waals surface area contributed by atoms with E-state index in [2.05, 4.69) is 26.6 Å². The first-order chi connectivity index (χ1) is 20.5. The number of ether oxygens (including phenoxy) is 1. The van der Waals surface area contributed by atoms with E-state index in [1.807, 2.05) is 0 Å². The van der Waals surface area contributed by atoms with Crippen molar-refractivity contribution in [2.45, 2.75) is 76.9 Å². The molecule has 1 aliphatic heterocycles. The van der Waals surface area contributed by atoms with Crippen molar-refractivity contribution < 1.29 is 51.6 Å². The molecule has 7 N–H and O–H groups in total. The van der Waals surface area contributed by atoms with Crippen LogP contribution < -0.4 is 26.6 Å². The molecule has 0 aromatic heterocycles. The van der Waals surface area contributed by atoms with Crippen LogP contribution in [0, 0.1) is 5.92 Å². The second kappa shape index (κ2) is 16.1. The van der Waals surface area contributed by atoms with Crippen LogP contribution in [0.15, 0.2) is 30.3 Å². The van der Waals surface area contributed by atoms with E-state index in [0.717, 1.165) is 0 Å². The smallest absolute Gasteiger partial charge is 0.307 e. The number of esters is 1. The second-order valence-electron chi connectivity index (χ2n) is 10.7. The molecule has 6 atom stereocenters. The van der Waals surface area contributed by atoms with Crippen LogP contribution in [0.25, 0.3) is 0 Å². The highest BCUT2D eigenvalue weighted by Gasteiger charge is 2.38. The molecule has 2 rings (SSSR count). The minimum Gasteiger partial charge on any atom is -0.460 e. The summed E-state index contributed by atoms with van der Waals surface area (Å²) in [7, 11) is -4.89. The van der Waals surface area contributed by atoms with Gasteiger partial charge in [-0.1, -0.05) is 44.2 Å². The van der Waals surface area contributed by atoms with E-state index >= 15 is 0 Å². The van der Waals surface area contributed by atoms with Crippen molar-refractivity contribution in [3.8, 4) is 0 Å². The molecule has 1 fully saturated rings. The van der Waals surface area contributed by atoms with E-state index in [1.165, 1.54) is 13.8 Å². The lowest BCUT2D eigenvalue weighted by atomic mass is 10.0. The lowest BCUT2D eigenvalue weighted by Crippen LogP contribution is -2.63. The number of carbonyl (C=O) groups excluding carboxylic acids is 6. The van der Waals surface area contributed by atoms with Gasteiger partial charge in [-0.05, 0) is 25.3 Å². The Labute approximate surface area is 254 Å². The number of cyclic esters (lactones) is 1. The van der Waals surface area contributed by atoms with E-state index in [0.29, 0.717) is 5.56 Å². The highest BCUT2D eigenvalue weighted by atomic mass is 32.2. The van der Waals surface area contributed by atoms with Crippen molar-refractivity contribution in [1.82, 2.24) is 26.6 Å². The molecule has 244 valence electrons. The van der Waals surface area contributed by atoms with Gasteiger partial charge in [0, 0.05) is 6.54 Å². The summed E-state index contributed by atoms with van der Waals surface area (Å²) in [5, 5.41) is 21.6. The fourth-order valence-electron chi connectivity index (χ4n) is 4.23. The Bertz CT molecular complexity index is 1320. The van der Waals surface area contributed by atoms with Gasteiger partial charge in [0.05, 0.1) is 18.9 Å². The molecule has 0 unspecified atom stereocenters. The van der Waals surface area contributed by atoms with Gasteiger partial charge in [-0.3, -0.25) is 33.3 Å². The van der Waals surface area contributed by atoms with Crippen LogP contribution in [0.4, 0.5) is 0 Å². The number of hydrogen-bond acceptors (Lipinski definition) is 10. The molecular formula is C27H39N5O11S. The van der Waals surface area contributed by atoms with Crippen LogP contribution in [0.3, 0.4) is 0 Å². The van der Waals surface area contributed by atoms with Crippen molar-refractivity contribution in [3.63, 3.8) is 0 Å². The van der Waals surface area contributed by atoms with Crippen molar-refractivity contribution in [3.05, 3.63) is 35.9 Å². The maximum Gasteiger partial charge on any atom is 0.307 e. The zero-order chi connectivity index (χ0) is 33.2. The number of aliphatic hydroxyl groups excluding tert-OH is 1. The van der Waals surface area contributed by atoms with Crippen molar-refractivity contribution >= 4 is 45.6 Å². The quantitative estimate of drug-likeness (QED) is 0.0987. The summed E-state index contributed by atoms with van der Waals surface area (Å²) >= 11 is 0. The molecular weight excluding hydrogens is 602 g/mol. The lowest BCUT2D eigenvalue weighted by Gasteiger charge is -2.29. The van der Waals surface area contributed by atoms with E-state index < -0.39 is 93.7 Å². The molecule has 0 saturated carbocycles. The molecule has 1 aliphatic rings. The van der Waals surface area contributed by atoms with Crippen molar-refractivity contribution in [2.24, 2.45) is 5.92 Å². The number of amides is 5. The monoisotopic (exact) mass is 641 g/mol. The van der Waals surface area contributed by atoms with Crippen molar-refractivity contribution in [2.75, 3.05) is 12.3 Å². The highest BCUT2D eigenvalue weighted by Crippen LogP contribution is 2.09. The number of nitrogens with one attached hydrogen (secondary N) is 5. The summed E-state index contributed by atoms with van der Waals surface area (Å²) in [5.41, 5.74) is 0.668. The fourth-order valence-corrected chi connectivity index (χ4v) is 4.88. The predicted octanol–water partition coefficient (Wildman–Crippen LogP) is -2.46. The molecule has 44 heavy (non-hydrogen) atoms. The molecule has 5 amide bonds. The molecule has 0 spiro atoms. The van der Waals surface area contributed by atoms with Gasteiger partial charge in [0.1, 0.15) is 36.0 Å². The molecule has 1 aromatic rings. The van der Waals surface area contributed by atoms with Crippen molar-refractivity contribution in [1.29, 1.82) is 0 Å². The molecule has 0 radical (unpaired) electrons. The van der Waals surface area contributed by atoms with E-state index in [1.54, 1.807) is 44.2 Å². The van der Waals surface area contributed by atoms with E-state index in [4.69, 9.17) is 4.74 Å². The standard InChI is InChI=1S/C27H39N5O11S/c1-14(2)21(30-19(34)12-17-8-6-5-7-9-17)26(38)29-18(13-44(40,41)42)24(36)32-23-16(4)43-20(35)10-11-28-25(37)22(15(3)33)31-27(23)39/h5-9,14-16,18,21-23,33H,10-13H2,1-4H3,(H,28,37)(H,29,38)(H,30,34)(H,31,39)(H,32,36)(H,40,41,42)/t15-,16+,18+,21-,22+,23-/m0/s1. The first kappa shape index (κ1) is 36.1. The maximum atomic E-state index is 13.3. The molecule has 1 heterocycles. The van der Waals surface area contributed by atoms with E-state index in [9.17, 15) is 46.8 Å². The van der Waals surface area contributed by atoms with Crippen LogP contribution in [0.1, 0.15) is 39.7 Å². The van der Waals surface area contributed by atoms with Gasteiger partial charge in [-0.2, -0.15) is 8.42 Å². The van der Waals surface area contributed by atoms with Crippen LogP contribution in [-0.2, 0) is 50.0 Å². The Kier molecular flexibility index (Phi) is 13.2. The summed E-state index contributed by atoms with van der Waals surface area (Å²) in [4.78, 5) is 77.0. The SMILES string of the molecule is CC(C)[C@H](NC(=O)Cc1ccccc1)C(=O)N[C@H](CS(=O)(=O)O)C(=O)N[C@@H]1C(=O)N[C@H]([C@H](C)O)C(=O)NCCC(=O)O[C@@H]1C. The number of benzene rings is 1. The molecule has 17 heteroatoms. The number of aliphatic hydroxyl groups is 1. The Hall–Kier alpha value is -4.09. The highest BCUT2D eigenvalue weighted by molar-refractivity contribution is 7.85. The summed E-state index contributed by atoms with van der Waals surface area (Å²) in [6.45, 7) is 5.51. The molecule has 1 aromatic carbocycles. The van der Waals surface area contributed by atoms with Crippen LogP contribution in [-0.4, -0.2) is 102 Å². The number of rotatable bonds is 11. The van der Waals surface area contributed by atoms with Gasteiger partial charge >= 0.3 is 5.97 Å². The van der Waals surface area contributed by atoms with Gasteiger partial charge in [-0.25, -0.2) is 0 Å². The first-order valence-corrected chi connectivity index (χ1v) is 15.4. The second-order valence-corrected chi connectivity index (χ2v) is 12.2. The minimum absolute atomic E-state index is 0.0643. The maximum absolute atomic E-state index is 13.3. The average molecular weight is 642 g/mol. The average Bonchev–Trinajstić information content (AvgIpc) is 2.92. The third-order valence-corrected chi connectivity index (χ3v) is 7.30. The Morgan fingerprint density at radius 3 is 2.23 bits per heavy atom. The van der Waals surface area contributed by atoms with Gasteiger partial charge in [0.25, 0.3) is 10.1 Å².